The first-order chi connectivity index (χ1) is 10.0. The maximum atomic E-state index is 13.1. The molecule has 0 amide bonds. The molecule has 0 aliphatic carbocycles. The van der Waals surface area contributed by atoms with Gasteiger partial charge < -0.3 is 10.7 Å². The zero-order valence-electron chi connectivity index (χ0n) is 11.0. The molecule has 0 saturated carbocycles. The highest BCUT2D eigenvalue weighted by Crippen LogP contribution is 2.15. The molecule has 0 aliphatic rings. The Kier molecular flexibility index (Phi) is 3.06. The molecule has 0 bridgehead atoms. The summed E-state index contributed by atoms with van der Waals surface area (Å²) in [4.78, 5) is 26.8. The van der Waals surface area contributed by atoms with E-state index in [1.165, 1.54) is 18.2 Å². The minimum absolute atomic E-state index is 0.0700. The molecule has 1 aromatic heterocycles. The average Bonchev–Trinajstić information content (AvgIpc) is 2.74. The molecule has 0 atom stereocenters. The lowest BCUT2D eigenvalue weighted by molar-refractivity contribution is 0.0915. The molecule has 0 aliphatic heterocycles. The van der Waals surface area contributed by atoms with Crippen molar-refractivity contribution in [3.8, 4) is 0 Å². The molecule has 6 heteroatoms. The number of nitrogens with one attached hydrogen (secondary N) is 1. The maximum Gasteiger partial charge on any atom is 0.333 e. The summed E-state index contributed by atoms with van der Waals surface area (Å²) >= 11 is 0. The smallest absolute Gasteiger partial charge is 0.333 e. The fourth-order valence-electron chi connectivity index (χ4n) is 2.27. The Labute approximate surface area is 118 Å². The predicted octanol–water partition coefficient (Wildman–Crippen LogP) is 1.93. The number of carbonyl (C=O) groups is 1. The van der Waals surface area contributed by atoms with Crippen molar-refractivity contribution in [2.45, 2.75) is 6.42 Å². The summed E-state index contributed by atoms with van der Waals surface area (Å²) in [6.07, 6.45) is -0.0700. The molecular formula is C15H12FN3O2. The number of nitrogens with zero attached hydrogens (tertiary/aromatic N) is 1. The SMILES string of the molecule is Nc1ccc2[nH]c(=O)n(C(=O)Cc3cccc(F)c3)c2c1. The molecule has 5 nitrogen and oxygen atoms in total. The number of nitrogen functional groups attached to an aromatic ring is 1. The van der Waals surface area contributed by atoms with Gasteiger partial charge in [-0.15, -0.1) is 0 Å². The Morgan fingerprint density at radius 2 is 2.05 bits per heavy atom. The predicted molar refractivity (Wildman–Crippen MR) is 77.7 cm³/mol. The summed E-state index contributed by atoms with van der Waals surface area (Å²) in [7, 11) is 0. The van der Waals surface area contributed by atoms with Gasteiger partial charge in [0.05, 0.1) is 17.5 Å². The van der Waals surface area contributed by atoms with Gasteiger partial charge >= 0.3 is 5.69 Å². The topological polar surface area (TPSA) is 80.9 Å². The third-order valence-electron chi connectivity index (χ3n) is 3.20. The van der Waals surface area contributed by atoms with Crippen LogP contribution >= 0.6 is 0 Å². The summed E-state index contributed by atoms with van der Waals surface area (Å²) in [6, 6.07) is 10.6. The Hall–Kier alpha value is -2.89. The van der Waals surface area contributed by atoms with Gasteiger partial charge in [0.2, 0.25) is 5.91 Å². The van der Waals surface area contributed by atoms with Gasteiger partial charge in [-0.25, -0.2) is 13.8 Å². The summed E-state index contributed by atoms with van der Waals surface area (Å²) < 4.78 is 14.2. The lowest BCUT2D eigenvalue weighted by Gasteiger charge is -2.03. The van der Waals surface area contributed by atoms with Gasteiger partial charge in [-0.05, 0) is 35.9 Å². The standard InChI is InChI=1S/C15H12FN3O2/c16-10-3-1-2-9(6-10)7-14(20)19-13-8-11(17)4-5-12(13)18-15(19)21/h1-6,8H,7,17H2,(H,18,21). The number of anilines is 1. The van der Waals surface area contributed by atoms with E-state index in [9.17, 15) is 14.0 Å². The van der Waals surface area contributed by atoms with Gasteiger partial charge in [0.1, 0.15) is 5.82 Å². The third kappa shape index (κ3) is 2.43. The number of hydrogen-bond donors (Lipinski definition) is 2. The van der Waals surface area contributed by atoms with Crippen molar-refractivity contribution in [3.05, 3.63) is 64.3 Å². The van der Waals surface area contributed by atoms with E-state index in [1.54, 1.807) is 24.3 Å². The Morgan fingerprint density at radius 1 is 1.24 bits per heavy atom. The molecule has 0 saturated heterocycles. The van der Waals surface area contributed by atoms with Crippen molar-refractivity contribution < 1.29 is 9.18 Å². The van der Waals surface area contributed by atoms with Crippen molar-refractivity contribution in [3.63, 3.8) is 0 Å². The zero-order valence-corrected chi connectivity index (χ0v) is 11.0. The number of nitrogens with two attached hydrogens (primary N) is 1. The molecule has 21 heavy (non-hydrogen) atoms. The molecule has 3 N–H and O–H groups in total. The maximum absolute atomic E-state index is 13.1. The van der Waals surface area contributed by atoms with Gasteiger partial charge in [0.15, 0.2) is 0 Å². The number of imidazole rings is 1. The van der Waals surface area contributed by atoms with Crippen LogP contribution in [0.3, 0.4) is 0 Å². The number of aromatic amines is 1. The van der Waals surface area contributed by atoms with Crippen LogP contribution in [0.25, 0.3) is 11.0 Å². The first-order valence-corrected chi connectivity index (χ1v) is 6.32. The second kappa shape index (κ2) is 4.90. The normalized spacial score (nSPS) is 10.9. The zero-order chi connectivity index (χ0) is 15.0. The van der Waals surface area contributed by atoms with E-state index in [1.807, 2.05) is 0 Å². The lowest BCUT2D eigenvalue weighted by Crippen LogP contribution is -2.25. The fourth-order valence-corrected chi connectivity index (χ4v) is 2.27. The highest BCUT2D eigenvalue weighted by molar-refractivity contribution is 5.92. The summed E-state index contributed by atoms with van der Waals surface area (Å²) in [5, 5.41) is 0. The van der Waals surface area contributed by atoms with Crippen LogP contribution < -0.4 is 11.4 Å². The second-order valence-corrected chi connectivity index (χ2v) is 4.74. The van der Waals surface area contributed by atoms with Crippen molar-refractivity contribution in [2.24, 2.45) is 0 Å². The first-order valence-electron chi connectivity index (χ1n) is 6.32. The molecular weight excluding hydrogens is 273 g/mol. The van der Waals surface area contributed by atoms with Gasteiger partial charge in [0.25, 0.3) is 0 Å². The molecule has 0 fully saturated rings. The number of halogens is 1. The molecule has 106 valence electrons. The van der Waals surface area contributed by atoms with Crippen LogP contribution in [0.15, 0.2) is 47.3 Å². The molecule has 0 spiro atoms. The van der Waals surface area contributed by atoms with Crippen LogP contribution in [0, 0.1) is 5.82 Å². The molecule has 3 rings (SSSR count). The van der Waals surface area contributed by atoms with Crippen LogP contribution in [-0.4, -0.2) is 15.5 Å². The quantitative estimate of drug-likeness (QED) is 0.706. The fraction of sp³-hybridized carbons (Fsp3) is 0.0667. The number of rotatable bonds is 2. The van der Waals surface area contributed by atoms with E-state index in [-0.39, 0.29) is 6.42 Å². The monoisotopic (exact) mass is 285 g/mol. The Balaban J connectivity index is 2.04. The Morgan fingerprint density at radius 3 is 2.81 bits per heavy atom. The number of benzene rings is 2. The van der Waals surface area contributed by atoms with Gasteiger partial charge in [-0.3, -0.25) is 4.79 Å². The van der Waals surface area contributed by atoms with Crippen LogP contribution in [0.1, 0.15) is 10.4 Å². The highest BCUT2D eigenvalue weighted by Gasteiger charge is 2.14. The number of carbonyl (C=O) groups excluding carboxylic acids is 1. The minimum Gasteiger partial charge on any atom is -0.399 e. The third-order valence-corrected chi connectivity index (χ3v) is 3.20. The first kappa shape index (κ1) is 13.1. The van der Waals surface area contributed by atoms with E-state index >= 15 is 0 Å². The van der Waals surface area contributed by atoms with Crippen molar-refractivity contribution in [1.82, 2.24) is 9.55 Å². The molecule has 2 aromatic carbocycles. The van der Waals surface area contributed by atoms with Crippen molar-refractivity contribution in [1.29, 1.82) is 0 Å². The van der Waals surface area contributed by atoms with E-state index in [4.69, 9.17) is 5.73 Å². The van der Waals surface area contributed by atoms with Gasteiger partial charge in [-0.2, -0.15) is 0 Å². The molecule has 0 radical (unpaired) electrons. The molecule has 3 aromatic rings. The number of fused-ring (bicyclic) bond motifs is 1. The summed E-state index contributed by atoms with van der Waals surface area (Å²) in [5.74, 6) is -0.863. The van der Waals surface area contributed by atoms with E-state index in [0.717, 1.165) is 4.57 Å². The second-order valence-electron chi connectivity index (χ2n) is 4.74. The van der Waals surface area contributed by atoms with Crippen LogP contribution in [0.2, 0.25) is 0 Å². The van der Waals surface area contributed by atoms with Crippen molar-refractivity contribution >= 4 is 22.6 Å². The Bertz CT molecular complexity index is 895. The van der Waals surface area contributed by atoms with E-state index < -0.39 is 17.4 Å². The number of hydrogen-bond acceptors (Lipinski definition) is 3. The van der Waals surface area contributed by atoms with E-state index in [2.05, 4.69) is 4.98 Å². The minimum atomic E-state index is -0.531. The van der Waals surface area contributed by atoms with Crippen LogP contribution in [0.4, 0.5) is 10.1 Å². The van der Waals surface area contributed by atoms with Crippen LogP contribution in [-0.2, 0) is 6.42 Å². The number of H-pyrrole nitrogens is 1. The van der Waals surface area contributed by atoms with Crippen LogP contribution in [0.5, 0.6) is 0 Å². The summed E-state index contributed by atoms with van der Waals surface area (Å²) in [5.41, 5.74) is 7.06. The molecule has 1 heterocycles. The van der Waals surface area contributed by atoms with Crippen molar-refractivity contribution in [2.75, 3.05) is 5.73 Å². The highest BCUT2D eigenvalue weighted by atomic mass is 19.1. The summed E-state index contributed by atoms with van der Waals surface area (Å²) in [6.45, 7) is 0. The number of aromatic nitrogens is 2. The molecule has 0 unspecified atom stereocenters. The average molecular weight is 285 g/mol. The lowest BCUT2D eigenvalue weighted by atomic mass is 10.1. The van der Waals surface area contributed by atoms with E-state index in [0.29, 0.717) is 22.3 Å². The van der Waals surface area contributed by atoms with Gasteiger partial charge in [0, 0.05) is 5.69 Å². The van der Waals surface area contributed by atoms with Gasteiger partial charge in [-0.1, -0.05) is 12.1 Å². The largest absolute Gasteiger partial charge is 0.399 e.